The SMILES string of the molecule is Cc1cccc(-c2ccc(CN)s2)c1C. The Morgan fingerprint density at radius 3 is 2.60 bits per heavy atom. The van der Waals surface area contributed by atoms with Gasteiger partial charge in [-0.15, -0.1) is 11.3 Å². The summed E-state index contributed by atoms with van der Waals surface area (Å²) in [4.78, 5) is 2.56. The molecule has 0 aliphatic carbocycles. The van der Waals surface area contributed by atoms with Crippen LogP contribution in [0, 0.1) is 13.8 Å². The van der Waals surface area contributed by atoms with Crippen molar-refractivity contribution in [1.82, 2.24) is 0 Å². The van der Waals surface area contributed by atoms with Gasteiger partial charge in [0.25, 0.3) is 0 Å². The number of nitrogens with two attached hydrogens (primary N) is 1. The number of thiophene rings is 1. The molecule has 0 spiro atoms. The molecule has 2 aromatic rings. The Kier molecular flexibility index (Phi) is 2.89. The van der Waals surface area contributed by atoms with E-state index in [1.165, 1.54) is 26.4 Å². The number of hydrogen-bond donors (Lipinski definition) is 1. The van der Waals surface area contributed by atoms with Gasteiger partial charge in [-0.3, -0.25) is 0 Å². The number of aryl methyl sites for hydroxylation is 1. The zero-order chi connectivity index (χ0) is 10.8. The Morgan fingerprint density at radius 1 is 1.13 bits per heavy atom. The fraction of sp³-hybridized carbons (Fsp3) is 0.231. The van der Waals surface area contributed by atoms with Gasteiger partial charge in [0.2, 0.25) is 0 Å². The van der Waals surface area contributed by atoms with E-state index >= 15 is 0 Å². The molecular formula is C13H15NS. The summed E-state index contributed by atoms with van der Waals surface area (Å²) in [6.07, 6.45) is 0. The molecule has 0 atom stereocenters. The summed E-state index contributed by atoms with van der Waals surface area (Å²) in [5, 5.41) is 0. The van der Waals surface area contributed by atoms with Gasteiger partial charge < -0.3 is 5.73 Å². The molecule has 0 saturated carbocycles. The first kappa shape index (κ1) is 10.4. The minimum atomic E-state index is 0.634. The van der Waals surface area contributed by atoms with Gasteiger partial charge in [0.1, 0.15) is 0 Å². The molecule has 78 valence electrons. The molecule has 0 aliphatic rings. The van der Waals surface area contributed by atoms with Gasteiger partial charge in [0.05, 0.1) is 0 Å². The van der Waals surface area contributed by atoms with Crippen molar-refractivity contribution in [2.24, 2.45) is 5.73 Å². The van der Waals surface area contributed by atoms with Crippen molar-refractivity contribution in [3.8, 4) is 10.4 Å². The Labute approximate surface area is 94.6 Å². The fourth-order valence-corrected chi connectivity index (χ4v) is 2.62. The van der Waals surface area contributed by atoms with Crippen LogP contribution in [0.25, 0.3) is 10.4 Å². The predicted molar refractivity (Wildman–Crippen MR) is 67.1 cm³/mol. The van der Waals surface area contributed by atoms with Crippen molar-refractivity contribution >= 4 is 11.3 Å². The average Bonchev–Trinajstić information content (AvgIpc) is 2.70. The maximum absolute atomic E-state index is 5.62. The molecule has 0 amide bonds. The third-order valence-electron chi connectivity index (χ3n) is 2.73. The van der Waals surface area contributed by atoms with E-state index in [0.29, 0.717) is 6.54 Å². The maximum atomic E-state index is 5.62. The largest absolute Gasteiger partial charge is 0.326 e. The van der Waals surface area contributed by atoms with Crippen molar-refractivity contribution in [2.75, 3.05) is 0 Å². The second-order valence-corrected chi connectivity index (χ2v) is 4.89. The van der Waals surface area contributed by atoms with Crippen LogP contribution in [0.2, 0.25) is 0 Å². The van der Waals surface area contributed by atoms with E-state index in [4.69, 9.17) is 5.73 Å². The molecule has 0 saturated heterocycles. The van der Waals surface area contributed by atoms with E-state index in [2.05, 4.69) is 44.2 Å². The van der Waals surface area contributed by atoms with Gasteiger partial charge in [0, 0.05) is 16.3 Å². The normalized spacial score (nSPS) is 10.6. The highest BCUT2D eigenvalue weighted by molar-refractivity contribution is 7.15. The monoisotopic (exact) mass is 217 g/mol. The molecule has 0 bridgehead atoms. The van der Waals surface area contributed by atoms with Gasteiger partial charge in [-0.25, -0.2) is 0 Å². The van der Waals surface area contributed by atoms with Gasteiger partial charge >= 0.3 is 0 Å². The third-order valence-corrected chi connectivity index (χ3v) is 3.87. The lowest BCUT2D eigenvalue weighted by Crippen LogP contribution is -1.91. The minimum absolute atomic E-state index is 0.634. The molecule has 1 aromatic heterocycles. The van der Waals surface area contributed by atoms with Crippen molar-refractivity contribution < 1.29 is 0 Å². The summed E-state index contributed by atoms with van der Waals surface area (Å²) in [6.45, 7) is 4.96. The maximum Gasteiger partial charge on any atom is 0.0348 e. The van der Waals surface area contributed by atoms with E-state index in [1.807, 2.05) is 0 Å². The lowest BCUT2D eigenvalue weighted by molar-refractivity contribution is 1.11. The quantitative estimate of drug-likeness (QED) is 0.818. The number of benzene rings is 1. The van der Waals surface area contributed by atoms with Crippen LogP contribution in [0.4, 0.5) is 0 Å². The van der Waals surface area contributed by atoms with Crippen LogP contribution in [-0.4, -0.2) is 0 Å². The van der Waals surface area contributed by atoms with Gasteiger partial charge in [0.15, 0.2) is 0 Å². The van der Waals surface area contributed by atoms with E-state index in [-0.39, 0.29) is 0 Å². The van der Waals surface area contributed by atoms with E-state index < -0.39 is 0 Å². The first-order chi connectivity index (χ1) is 7.22. The summed E-state index contributed by atoms with van der Waals surface area (Å²) in [6, 6.07) is 10.7. The zero-order valence-corrected chi connectivity index (χ0v) is 9.90. The summed E-state index contributed by atoms with van der Waals surface area (Å²) >= 11 is 1.78. The fourth-order valence-electron chi connectivity index (χ4n) is 1.65. The molecule has 1 heterocycles. The summed E-state index contributed by atoms with van der Waals surface area (Å²) in [7, 11) is 0. The molecule has 0 fully saturated rings. The molecule has 1 aromatic carbocycles. The molecule has 1 nitrogen and oxygen atoms in total. The highest BCUT2D eigenvalue weighted by Gasteiger charge is 2.05. The van der Waals surface area contributed by atoms with Gasteiger partial charge in [-0.1, -0.05) is 18.2 Å². The second kappa shape index (κ2) is 4.17. The second-order valence-electron chi connectivity index (χ2n) is 3.72. The smallest absolute Gasteiger partial charge is 0.0348 e. The molecule has 0 radical (unpaired) electrons. The van der Waals surface area contributed by atoms with Gasteiger partial charge in [-0.2, -0.15) is 0 Å². The van der Waals surface area contributed by atoms with Crippen LogP contribution in [-0.2, 0) is 6.54 Å². The zero-order valence-electron chi connectivity index (χ0n) is 9.08. The van der Waals surface area contributed by atoms with Crippen molar-refractivity contribution in [3.05, 3.63) is 46.3 Å². The molecule has 2 N–H and O–H groups in total. The highest BCUT2D eigenvalue weighted by Crippen LogP contribution is 2.31. The average molecular weight is 217 g/mol. The predicted octanol–water partition coefficient (Wildman–Crippen LogP) is 3.49. The van der Waals surface area contributed by atoms with E-state index in [1.54, 1.807) is 11.3 Å². The Hall–Kier alpha value is -1.12. The lowest BCUT2D eigenvalue weighted by atomic mass is 10.0. The Morgan fingerprint density at radius 2 is 1.93 bits per heavy atom. The molecule has 2 rings (SSSR count). The van der Waals surface area contributed by atoms with Gasteiger partial charge in [-0.05, 0) is 42.7 Å². The van der Waals surface area contributed by atoms with Crippen LogP contribution in [0.3, 0.4) is 0 Å². The van der Waals surface area contributed by atoms with Crippen molar-refractivity contribution in [1.29, 1.82) is 0 Å². The summed E-state index contributed by atoms with van der Waals surface area (Å²) in [5.74, 6) is 0. The number of rotatable bonds is 2. The van der Waals surface area contributed by atoms with Crippen LogP contribution >= 0.6 is 11.3 Å². The number of hydrogen-bond acceptors (Lipinski definition) is 2. The lowest BCUT2D eigenvalue weighted by Gasteiger charge is -2.05. The molecule has 0 unspecified atom stereocenters. The molecule has 0 aliphatic heterocycles. The Balaban J connectivity index is 2.49. The first-order valence-electron chi connectivity index (χ1n) is 5.07. The first-order valence-corrected chi connectivity index (χ1v) is 5.89. The minimum Gasteiger partial charge on any atom is -0.326 e. The van der Waals surface area contributed by atoms with Crippen LogP contribution in [0.15, 0.2) is 30.3 Å². The van der Waals surface area contributed by atoms with E-state index in [0.717, 1.165) is 0 Å². The highest BCUT2D eigenvalue weighted by atomic mass is 32.1. The molecular weight excluding hydrogens is 202 g/mol. The van der Waals surface area contributed by atoms with Crippen molar-refractivity contribution in [2.45, 2.75) is 20.4 Å². The van der Waals surface area contributed by atoms with E-state index in [9.17, 15) is 0 Å². The van der Waals surface area contributed by atoms with Crippen LogP contribution in [0.5, 0.6) is 0 Å². The summed E-state index contributed by atoms with van der Waals surface area (Å²) < 4.78 is 0. The standard InChI is InChI=1S/C13H15NS/c1-9-4-3-5-12(10(9)2)13-7-6-11(8-14)15-13/h3-7H,8,14H2,1-2H3. The van der Waals surface area contributed by atoms with Crippen LogP contribution in [0.1, 0.15) is 16.0 Å². The Bertz CT molecular complexity index is 471. The molecule has 2 heteroatoms. The third kappa shape index (κ3) is 1.96. The van der Waals surface area contributed by atoms with Crippen LogP contribution < -0.4 is 5.73 Å². The molecule has 15 heavy (non-hydrogen) atoms. The summed E-state index contributed by atoms with van der Waals surface area (Å²) in [5.41, 5.74) is 9.66. The van der Waals surface area contributed by atoms with Crippen molar-refractivity contribution in [3.63, 3.8) is 0 Å². The topological polar surface area (TPSA) is 26.0 Å².